The molecule has 1 saturated heterocycles. The Morgan fingerprint density at radius 1 is 0.943 bits per heavy atom. The first-order chi connectivity index (χ1) is 16.8. The van der Waals surface area contributed by atoms with E-state index in [-0.39, 0.29) is 11.5 Å². The van der Waals surface area contributed by atoms with Gasteiger partial charge in [0.25, 0.3) is 5.91 Å². The highest BCUT2D eigenvalue weighted by Crippen LogP contribution is 2.42. The molecule has 3 aromatic carbocycles. The van der Waals surface area contributed by atoms with E-state index in [4.69, 9.17) is 0 Å². The second kappa shape index (κ2) is 10.2. The third kappa shape index (κ3) is 5.16. The maximum absolute atomic E-state index is 13.7. The molecule has 5 nitrogen and oxygen atoms in total. The lowest BCUT2D eigenvalue weighted by atomic mass is 10.0. The van der Waals surface area contributed by atoms with Crippen molar-refractivity contribution in [1.82, 2.24) is 0 Å². The Kier molecular flexibility index (Phi) is 7.09. The lowest BCUT2D eigenvalue weighted by Crippen LogP contribution is -2.31. The number of hydrogen-bond acceptors (Lipinski definition) is 4. The van der Waals surface area contributed by atoms with E-state index in [1.807, 2.05) is 56.3 Å². The third-order valence-corrected chi connectivity index (χ3v) is 7.54. The predicted molar refractivity (Wildman–Crippen MR) is 142 cm³/mol. The summed E-state index contributed by atoms with van der Waals surface area (Å²) >= 11 is 1.28. The molecule has 4 rings (SSSR count). The highest BCUT2D eigenvalue weighted by atomic mass is 32.2. The van der Waals surface area contributed by atoms with Crippen molar-refractivity contribution in [3.63, 3.8) is 0 Å². The molecule has 3 aromatic rings. The van der Waals surface area contributed by atoms with Gasteiger partial charge in [-0.15, -0.1) is 0 Å². The van der Waals surface area contributed by atoms with Crippen LogP contribution in [-0.2, 0) is 16.0 Å². The quantitative estimate of drug-likeness (QED) is 0.359. The summed E-state index contributed by atoms with van der Waals surface area (Å²) in [4.78, 5) is 28.4. The minimum absolute atomic E-state index is 0.0759. The van der Waals surface area contributed by atoms with Crippen molar-refractivity contribution in [3.8, 4) is 6.07 Å². The monoisotopic (exact) mass is 481 g/mol. The van der Waals surface area contributed by atoms with Gasteiger partial charge in [-0.25, -0.2) is 0 Å². The van der Waals surface area contributed by atoms with Gasteiger partial charge in [-0.3, -0.25) is 14.5 Å². The average Bonchev–Trinajstić information content (AvgIpc) is 3.14. The van der Waals surface area contributed by atoms with Crippen LogP contribution in [0.2, 0.25) is 0 Å². The second-order valence-corrected chi connectivity index (χ2v) is 9.97. The molecule has 1 aliphatic heterocycles. The molecule has 0 bridgehead atoms. The summed E-state index contributed by atoms with van der Waals surface area (Å²) in [5.74, 6) is -0.665. The van der Waals surface area contributed by atoms with E-state index in [0.717, 1.165) is 16.7 Å². The van der Waals surface area contributed by atoms with Crippen LogP contribution in [0.25, 0.3) is 0 Å². The van der Waals surface area contributed by atoms with Crippen molar-refractivity contribution in [1.29, 1.82) is 5.26 Å². The first-order valence-corrected chi connectivity index (χ1v) is 12.3. The Labute approximate surface area is 210 Å². The van der Waals surface area contributed by atoms with Crippen LogP contribution in [0.1, 0.15) is 27.8 Å². The topological polar surface area (TPSA) is 73.2 Å². The van der Waals surface area contributed by atoms with Crippen molar-refractivity contribution in [3.05, 3.63) is 105 Å². The Bertz CT molecular complexity index is 1370. The first kappa shape index (κ1) is 24.3. The molecule has 0 saturated carbocycles. The van der Waals surface area contributed by atoms with E-state index < -0.39 is 11.2 Å². The highest BCUT2D eigenvalue weighted by Gasteiger charge is 2.41. The fourth-order valence-corrected chi connectivity index (χ4v) is 5.25. The number of nitrogens with zero attached hydrogens (tertiary/aromatic N) is 2. The number of carbonyl (C=O) groups excluding carboxylic acids is 2. The van der Waals surface area contributed by atoms with Gasteiger partial charge in [-0.1, -0.05) is 54.2 Å². The zero-order valence-corrected chi connectivity index (χ0v) is 21.1. The molecule has 1 N–H and O–H groups in total. The van der Waals surface area contributed by atoms with Gasteiger partial charge in [0.1, 0.15) is 16.7 Å². The molecule has 1 atom stereocenters. The number of aryl methyl sites for hydroxylation is 4. The van der Waals surface area contributed by atoms with E-state index in [1.54, 1.807) is 12.1 Å². The normalized spacial score (nSPS) is 16.7. The van der Waals surface area contributed by atoms with Crippen molar-refractivity contribution in [2.24, 2.45) is 0 Å². The van der Waals surface area contributed by atoms with Gasteiger partial charge in [0.05, 0.1) is 5.25 Å². The Balaban J connectivity index is 1.75. The van der Waals surface area contributed by atoms with Gasteiger partial charge in [0.2, 0.25) is 5.91 Å². The number of amides is 2. The minimum Gasteiger partial charge on any atom is -0.321 e. The fraction of sp³-hybridized carbons (Fsp3) is 0.207. The number of nitrogens with one attached hydrogen (secondary N) is 1. The van der Waals surface area contributed by atoms with E-state index in [1.165, 1.54) is 27.8 Å². The number of thioether (sulfide) groups is 1. The van der Waals surface area contributed by atoms with Crippen LogP contribution < -0.4 is 10.2 Å². The summed E-state index contributed by atoms with van der Waals surface area (Å²) in [6, 6.07) is 23.0. The van der Waals surface area contributed by atoms with Crippen LogP contribution in [0.5, 0.6) is 0 Å². The maximum atomic E-state index is 13.7. The Morgan fingerprint density at radius 2 is 1.60 bits per heavy atom. The minimum atomic E-state index is -0.533. The summed E-state index contributed by atoms with van der Waals surface area (Å²) < 4.78 is 0. The van der Waals surface area contributed by atoms with Crippen LogP contribution in [-0.4, -0.2) is 17.1 Å². The van der Waals surface area contributed by atoms with Crippen LogP contribution in [0, 0.1) is 39.0 Å². The molecule has 176 valence electrons. The zero-order chi connectivity index (χ0) is 25.1. The van der Waals surface area contributed by atoms with Gasteiger partial charge >= 0.3 is 0 Å². The number of carbonyl (C=O) groups is 2. The van der Waals surface area contributed by atoms with Gasteiger partial charge < -0.3 is 5.32 Å². The summed E-state index contributed by atoms with van der Waals surface area (Å²) in [5, 5.41) is 12.7. The van der Waals surface area contributed by atoms with E-state index in [0.29, 0.717) is 22.8 Å². The predicted octanol–water partition coefficient (Wildman–Crippen LogP) is 5.99. The van der Waals surface area contributed by atoms with Crippen LogP contribution >= 0.6 is 11.8 Å². The van der Waals surface area contributed by atoms with Crippen LogP contribution in [0.4, 0.5) is 11.4 Å². The lowest BCUT2D eigenvalue weighted by molar-refractivity contribution is -0.117. The molecular formula is C29H27N3O2S. The molecule has 2 amide bonds. The number of hydrogen-bond donors (Lipinski definition) is 1. The van der Waals surface area contributed by atoms with Crippen molar-refractivity contribution >= 4 is 35.0 Å². The number of nitriles is 1. The van der Waals surface area contributed by atoms with Gasteiger partial charge in [-0.2, -0.15) is 5.26 Å². The lowest BCUT2D eigenvalue weighted by Gasteiger charge is -2.20. The summed E-state index contributed by atoms with van der Waals surface area (Å²) in [6.07, 6.45) is 0.508. The number of anilines is 2. The number of benzene rings is 3. The van der Waals surface area contributed by atoms with Gasteiger partial charge in [-0.05, 0) is 86.2 Å². The first-order valence-electron chi connectivity index (χ1n) is 11.4. The smallest absolute Gasteiger partial charge is 0.269 e. The molecule has 1 fully saturated rings. The summed E-state index contributed by atoms with van der Waals surface area (Å²) in [5.41, 5.74) is 6.71. The van der Waals surface area contributed by atoms with Crippen LogP contribution in [0.3, 0.4) is 0 Å². The Morgan fingerprint density at radius 3 is 2.23 bits per heavy atom. The fourth-order valence-electron chi connectivity index (χ4n) is 3.95. The second-order valence-electron chi connectivity index (χ2n) is 8.78. The van der Waals surface area contributed by atoms with Gasteiger partial charge in [0, 0.05) is 11.4 Å². The SMILES string of the molecule is Cc1ccc(CC2S/C(=C(/C#N)C(=O)Nc3ccccc3)N(c3ccc(C)c(C)c3)C2=O)cc1C. The molecule has 0 aromatic heterocycles. The van der Waals surface area contributed by atoms with Crippen molar-refractivity contribution < 1.29 is 9.59 Å². The van der Waals surface area contributed by atoms with E-state index in [9.17, 15) is 14.9 Å². The van der Waals surface area contributed by atoms with E-state index in [2.05, 4.69) is 37.4 Å². The molecule has 0 aliphatic carbocycles. The summed E-state index contributed by atoms with van der Waals surface area (Å²) in [7, 11) is 0. The van der Waals surface area contributed by atoms with Crippen molar-refractivity contribution in [2.75, 3.05) is 10.2 Å². The number of para-hydroxylation sites is 1. The highest BCUT2D eigenvalue weighted by molar-refractivity contribution is 8.05. The molecular weight excluding hydrogens is 454 g/mol. The maximum Gasteiger partial charge on any atom is 0.269 e. The molecule has 35 heavy (non-hydrogen) atoms. The Hall–Kier alpha value is -3.82. The average molecular weight is 482 g/mol. The molecule has 0 spiro atoms. The summed E-state index contributed by atoms with van der Waals surface area (Å²) in [6.45, 7) is 8.10. The zero-order valence-electron chi connectivity index (χ0n) is 20.3. The molecule has 1 heterocycles. The number of rotatable bonds is 5. The van der Waals surface area contributed by atoms with Crippen LogP contribution in [0.15, 0.2) is 77.3 Å². The van der Waals surface area contributed by atoms with Gasteiger partial charge in [0.15, 0.2) is 0 Å². The molecule has 1 aliphatic rings. The molecule has 0 radical (unpaired) electrons. The van der Waals surface area contributed by atoms with E-state index >= 15 is 0 Å². The largest absolute Gasteiger partial charge is 0.321 e. The molecule has 6 heteroatoms. The standard InChI is InChI=1S/C29H27N3O2S/c1-18-10-12-22(14-20(18)3)16-26-28(34)32(24-13-11-19(2)21(4)15-24)29(35-26)25(17-30)27(33)31-23-8-6-5-7-9-23/h5-15,26H,16H2,1-4H3,(H,31,33)/b29-25-. The third-order valence-electron chi connectivity index (χ3n) is 6.28. The molecule has 1 unspecified atom stereocenters. The van der Waals surface area contributed by atoms with Crippen molar-refractivity contribution in [2.45, 2.75) is 39.4 Å².